The van der Waals surface area contributed by atoms with E-state index in [1.165, 1.54) is 11.2 Å². The Kier molecular flexibility index (Phi) is 5.14. The molecule has 3 heterocycles. The molecule has 0 saturated carbocycles. The molecule has 6 nitrogen and oxygen atoms in total. The van der Waals surface area contributed by atoms with Gasteiger partial charge in [-0.3, -0.25) is 14.5 Å². The second kappa shape index (κ2) is 7.92. The fourth-order valence-corrected chi connectivity index (χ4v) is 4.38. The van der Waals surface area contributed by atoms with Crippen LogP contribution in [0.1, 0.15) is 48.7 Å². The molecule has 1 amide bonds. The Labute approximate surface area is 201 Å². The molecule has 4 aromatic rings. The number of benzene rings is 2. The molecule has 2 aromatic heterocycles. The number of hydrogen-bond donors (Lipinski definition) is 1. The third kappa shape index (κ3) is 3.60. The van der Waals surface area contributed by atoms with Gasteiger partial charge in [0.05, 0.1) is 11.8 Å². The molecule has 1 aliphatic rings. The van der Waals surface area contributed by atoms with Crippen LogP contribution in [0.2, 0.25) is 5.02 Å². The van der Waals surface area contributed by atoms with Gasteiger partial charge in [0.2, 0.25) is 5.78 Å². The standard InChI is InChI=1S/C27H22ClNO5/c1-27(2,3)16-6-9-18(10-7-16)29-23(20-5-4-12-33-20)22(25(31)26(29)32)24(30)21-14-15-13-17(28)8-11-19(15)34-21/h4-14,23,31H,1-3H3. The Morgan fingerprint density at radius 1 is 1.06 bits per heavy atom. The average molecular weight is 476 g/mol. The van der Waals surface area contributed by atoms with Crippen molar-refractivity contribution in [2.45, 2.75) is 32.2 Å². The SMILES string of the molecule is CC(C)(C)c1ccc(N2C(=O)C(O)=C(C(=O)c3cc4cc(Cl)ccc4o3)C2c2ccco2)cc1. The molecule has 0 fully saturated rings. The molecule has 172 valence electrons. The lowest BCUT2D eigenvalue weighted by atomic mass is 9.87. The lowest BCUT2D eigenvalue weighted by Crippen LogP contribution is -2.30. The zero-order chi connectivity index (χ0) is 24.2. The maximum absolute atomic E-state index is 13.6. The largest absolute Gasteiger partial charge is 0.503 e. The smallest absolute Gasteiger partial charge is 0.294 e. The molecule has 0 radical (unpaired) electrons. The number of nitrogens with zero attached hydrogens (tertiary/aromatic N) is 1. The minimum Gasteiger partial charge on any atom is -0.503 e. The fraction of sp³-hybridized carbons (Fsp3) is 0.185. The minimum absolute atomic E-state index is 0.00639. The van der Waals surface area contributed by atoms with E-state index in [-0.39, 0.29) is 16.7 Å². The van der Waals surface area contributed by atoms with Gasteiger partial charge in [-0.05, 0) is 59.5 Å². The summed E-state index contributed by atoms with van der Waals surface area (Å²) >= 11 is 6.05. The van der Waals surface area contributed by atoms with Crippen molar-refractivity contribution >= 4 is 39.9 Å². The van der Waals surface area contributed by atoms with Crippen molar-refractivity contribution in [2.75, 3.05) is 4.90 Å². The number of fused-ring (bicyclic) bond motifs is 1. The fourth-order valence-electron chi connectivity index (χ4n) is 4.20. The number of aliphatic hydroxyl groups excluding tert-OH is 1. The summed E-state index contributed by atoms with van der Waals surface area (Å²) in [5, 5.41) is 12.0. The molecule has 0 aliphatic carbocycles. The molecule has 2 aromatic carbocycles. The minimum atomic E-state index is -0.952. The molecular weight excluding hydrogens is 454 g/mol. The Morgan fingerprint density at radius 3 is 2.44 bits per heavy atom. The number of halogens is 1. The van der Waals surface area contributed by atoms with E-state index in [0.717, 1.165) is 5.56 Å². The van der Waals surface area contributed by atoms with Gasteiger partial charge in [-0.25, -0.2) is 0 Å². The van der Waals surface area contributed by atoms with Crippen molar-refractivity contribution in [3.63, 3.8) is 0 Å². The summed E-state index contributed by atoms with van der Waals surface area (Å²) in [4.78, 5) is 28.2. The van der Waals surface area contributed by atoms with E-state index in [1.54, 1.807) is 48.5 Å². The van der Waals surface area contributed by atoms with Crippen molar-refractivity contribution < 1.29 is 23.5 Å². The number of carbonyl (C=O) groups excluding carboxylic acids is 2. The topological polar surface area (TPSA) is 83.9 Å². The number of aliphatic hydroxyl groups is 1. The highest BCUT2D eigenvalue weighted by Crippen LogP contribution is 2.43. The van der Waals surface area contributed by atoms with Crippen LogP contribution in [0, 0.1) is 0 Å². The van der Waals surface area contributed by atoms with Crippen LogP contribution < -0.4 is 4.90 Å². The summed E-state index contributed by atoms with van der Waals surface area (Å²) < 4.78 is 11.3. The summed E-state index contributed by atoms with van der Waals surface area (Å²) in [6, 6.07) is 16.4. The number of carbonyl (C=O) groups is 2. The molecule has 7 heteroatoms. The van der Waals surface area contributed by atoms with Crippen molar-refractivity contribution in [3.8, 4) is 0 Å². The summed E-state index contributed by atoms with van der Waals surface area (Å²) in [6.07, 6.45) is 1.46. The van der Waals surface area contributed by atoms with E-state index in [1.807, 2.05) is 12.1 Å². The number of hydrogen-bond acceptors (Lipinski definition) is 5. The van der Waals surface area contributed by atoms with E-state index < -0.39 is 23.5 Å². The van der Waals surface area contributed by atoms with Gasteiger partial charge in [0.25, 0.3) is 5.91 Å². The predicted molar refractivity (Wildman–Crippen MR) is 129 cm³/mol. The van der Waals surface area contributed by atoms with Crippen molar-refractivity contribution in [2.24, 2.45) is 0 Å². The Bertz CT molecular complexity index is 1440. The monoisotopic (exact) mass is 475 g/mol. The molecule has 1 N–H and O–H groups in total. The van der Waals surface area contributed by atoms with Gasteiger partial charge in [-0.15, -0.1) is 0 Å². The van der Waals surface area contributed by atoms with Crippen LogP contribution in [0.15, 0.2) is 87.1 Å². The quantitative estimate of drug-likeness (QED) is 0.329. The lowest BCUT2D eigenvalue weighted by Gasteiger charge is -2.26. The van der Waals surface area contributed by atoms with Crippen LogP contribution in [-0.2, 0) is 10.2 Å². The molecule has 1 atom stereocenters. The normalized spacial score (nSPS) is 16.6. The first-order chi connectivity index (χ1) is 16.1. The van der Waals surface area contributed by atoms with Gasteiger partial charge in [-0.1, -0.05) is 44.5 Å². The molecule has 0 saturated heterocycles. The zero-order valence-corrected chi connectivity index (χ0v) is 19.6. The maximum atomic E-state index is 13.6. The summed E-state index contributed by atoms with van der Waals surface area (Å²) in [7, 11) is 0. The van der Waals surface area contributed by atoms with Gasteiger partial charge in [0.15, 0.2) is 11.5 Å². The first-order valence-electron chi connectivity index (χ1n) is 10.8. The first-order valence-corrected chi connectivity index (χ1v) is 11.2. The van der Waals surface area contributed by atoms with Gasteiger partial charge in [0.1, 0.15) is 17.4 Å². The summed E-state index contributed by atoms with van der Waals surface area (Å²) in [5.74, 6) is -1.58. The molecule has 1 unspecified atom stereocenters. The van der Waals surface area contributed by atoms with Gasteiger partial charge in [-0.2, -0.15) is 0 Å². The van der Waals surface area contributed by atoms with E-state index in [2.05, 4.69) is 20.8 Å². The van der Waals surface area contributed by atoms with Crippen LogP contribution >= 0.6 is 11.6 Å². The molecular formula is C27H22ClNO5. The second-order valence-electron chi connectivity index (χ2n) is 9.27. The van der Waals surface area contributed by atoms with Crippen LogP contribution in [0.3, 0.4) is 0 Å². The summed E-state index contributed by atoms with van der Waals surface area (Å²) in [5.41, 5.74) is 1.92. The van der Waals surface area contributed by atoms with Crippen molar-refractivity contribution in [1.29, 1.82) is 0 Å². The van der Waals surface area contributed by atoms with Crippen LogP contribution in [0.25, 0.3) is 11.0 Å². The van der Waals surface area contributed by atoms with Gasteiger partial charge < -0.3 is 13.9 Å². The highest BCUT2D eigenvalue weighted by atomic mass is 35.5. The van der Waals surface area contributed by atoms with Crippen LogP contribution in [0.5, 0.6) is 0 Å². The number of ketones is 1. The van der Waals surface area contributed by atoms with Crippen molar-refractivity contribution in [1.82, 2.24) is 0 Å². The first kappa shape index (κ1) is 22.0. The van der Waals surface area contributed by atoms with E-state index in [9.17, 15) is 14.7 Å². The van der Waals surface area contributed by atoms with Crippen LogP contribution in [-0.4, -0.2) is 16.8 Å². The van der Waals surface area contributed by atoms with E-state index in [0.29, 0.717) is 27.4 Å². The Morgan fingerprint density at radius 2 is 1.79 bits per heavy atom. The molecule has 0 bridgehead atoms. The zero-order valence-electron chi connectivity index (χ0n) is 18.8. The Balaban J connectivity index is 1.60. The second-order valence-corrected chi connectivity index (χ2v) is 9.71. The highest BCUT2D eigenvalue weighted by Gasteiger charge is 2.46. The third-order valence-electron chi connectivity index (χ3n) is 5.98. The molecule has 34 heavy (non-hydrogen) atoms. The van der Waals surface area contributed by atoms with Gasteiger partial charge in [0, 0.05) is 16.1 Å². The number of Topliss-reactive ketones (excluding diaryl/α,β-unsaturated/α-hetero) is 1. The summed E-state index contributed by atoms with van der Waals surface area (Å²) in [6.45, 7) is 6.29. The molecule has 0 spiro atoms. The number of amides is 1. The highest BCUT2D eigenvalue weighted by molar-refractivity contribution is 6.31. The molecule has 1 aliphatic heterocycles. The number of rotatable bonds is 4. The molecule has 5 rings (SSSR count). The van der Waals surface area contributed by atoms with Crippen molar-refractivity contribution in [3.05, 3.63) is 100 Å². The predicted octanol–water partition coefficient (Wildman–Crippen LogP) is 6.76. The maximum Gasteiger partial charge on any atom is 0.294 e. The Hall–Kier alpha value is -3.77. The number of furan rings is 2. The average Bonchev–Trinajstić information content (AvgIpc) is 3.52. The van der Waals surface area contributed by atoms with E-state index in [4.69, 9.17) is 20.4 Å². The van der Waals surface area contributed by atoms with Crippen LogP contribution in [0.4, 0.5) is 5.69 Å². The van der Waals surface area contributed by atoms with Gasteiger partial charge >= 0.3 is 0 Å². The number of anilines is 1. The third-order valence-corrected chi connectivity index (χ3v) is 6.21. The van der Waals surface area contributed by atoms with E-state index >= 15 is 0 Å². The lowest BCUT2D eigenvalue weighted by molar-refractivity contribution is -0.117.